The van der Waals surface area contributed by atoms with Gasteiger partial charge in [-0.05, 0) is 41.2 Å². The number of ether oxygens (including phenoxy) is 1. The Labute approximate surface area is 166 Å². The molecule has 3 rings (SSSR count). The highest BCUT2D eigenvalue weighted by Crippen LogP contribution is 2.22. The number of nitrogens with zero attached hydrogens (tertiary/aromatic N) is 1. The van der Waals surface area contributed by atoms with Crippen LogP contribution < -0.4 is 5.32 Å². The summed E-state index contributed by atoms with van der Waals surface area (Å²) < 4.78 is 18.9. The van der Waals surface area contributed by atoms with Gasteiger partial charge >= 0.3 is 0 Å². The van der Waals surface area contributed by atoms with E-state index in [-0.39, 0.29) is 17.8 Å². The van der Waals surface area contributed by atoms with Crippen molar-refractivity contribution in [2.75, 3.05) is 32.8 Å². The van der Waals surface area contributed by atoms with Gasteiger partial charge in [0.2, 0.25) is 5.91 Å². The fourth-order valence-corrected chi connectivity index (χ4v) is 3.40. The first-order valence-corrected chi connectivity index (χ1v) is 9.96. The Kier molecular flexibility index (Phi) is 7.18. The predicted molar refractivity (Wildman–Crippen MR) is 109 cm³/mol. The number of nitrogens with one attached hydrogen (secondary N) is 1. The molecule has 150 valence electrons. The minimum absolute atomic E-state index is 0.0264. The van der Waals surface area contributed by atoms with Crippen molar-refractivity contribution >= 4 is 5.91 Å². The molecule has 0 spiro atoms. The Bertz CT molecular complexity index is 759. The molecule has 1 heterocycles. The summed E-state index contributed by atoms with van der Waals surface area (Å²) in [6, 6.07) is 15.0. The Hall–Kier alpha value is -2.24. The molecule has 28 heavy (non-hydrogen) atoms. The molecule has 2 aromatic rings. The molecular formula is C23H29FN2O2. The van der Waals surface area contributed by atoms with Crippen LogP contribution in [0, 0.1) is 5.82 Å². The molecule has 0 radical (unpaired) electrons. The van der Waals surface area contributed by atoms with Crippen molar-refractivity contribution in [1.82, 2.24) is 10.2 Å². The standard InChI is InChI=1S/C23H29FN2O2/c1-17(2)19-5-3-18(4-6-19)11-12-25-23(27)16-26-13-14-28-22(15-26)20-7-9-21(24)10-8-20/h3-10,17,22H,11-16H2,1-2H3,(H,25,27). The van der Waals surface area contributed by atoms with Crippen molar-refractivity contribution in [2.24, 2.45) is 0 Å². The van der Waals surface area contributed by atoms with Gasteiger partial charge in [-0.2, -0.15) is 0 Å². The molecule has 0 saturated carbocycles. The van der Waals surface area contributed by atoms with E-state index in [1.54, 1.807) is 12.1 Å². The average molecular weight is 384 g/mol. The normalized spacial score (nSPS) is 17.6. The van der Waals surface area contributed by atoms with Crippen LogP contribution in [0.25, 0.3) is 0 Å². The van der Waals surface area contributed by atoms with Gasteiger partial charge in [-0.1, -0.05) is 50.2 Å². The van der Waals surface area contributed by atoms with Crippen LogP contribution in [0.15, 0.2) is 48.5 Å². The number of rotatable bonds is 7. The van der Waals surface area contributed by atoms with Gasteiger partial charge < -0.3 is 10.1 Å². The molecule has 1 atom stereocenters. The number of carbonyl (C=O) groups excluding carboxylic acids is 1. The Morgan fingerprint density at radius 3 is 2.57 bits per heavy atom. The summed E-state index contributed by atoms with van der Waals surface area (Å²) in [5.74, 6) is 0.300. The van der Waals surface area contributed by atoms with E-state index in [2.05, 4.69) is 48.3 Å². The topological polar surface area (TPSA) is 41.6 Å². The average Bonchev–Trinajstić information content (AvgIpc) is 2.69. The van der Waals surface area contributed by atoms with Crippen LogP contribution in [0.3, 0.4) is 0 Å². The Balaban J connectivity index is 1.42. The minimum Gasteiger partial charge on any atom is -0.371 e. The number of benzene rings is 2. The smallest absolute Gasteiger partial charge is 0.234 e. The van der Waals surface area contributed by atoms with E-state index in [1.165, 1.54) is 23.3 Å². The molecule has 0 aliphatic carbocycles. The van der Waals surface area contributed by atoms with E-state index in [0.29, 0.717) is 32.2 Å². The number of carbonyl (C=O) groups is 1. The minimum atomic E-state index is -0.255. The highest BCUT2D eigenvalue weighted by atomic mass is 19.1. The number of hydrogen-bond donors (Lipinski definition) is 1. The van der Waals surface area contributed by atoms with Gasteiger partial charge in [-0.25, -0.2) is 4.39 Å². The summed E-state index contributed by atoms with van der Waals surface area (Å²) in [4.78, 5) is 14.4. The first-order valence-electron chi connectivity index (χ1n) is 9.96. The SMILES string of the molecule is CC(C)c1ccc(CCNC(=O)CN2CCOC(c3ccc(F)cc3)C2)cc1. The summed E-state index contributed by atoms with van der Waals surface area (Å²) in [7, 11) is 0. The summed E-state index contributed by atoms with van der Waals surface area (Å²) in [5.41, 5.74) is 3.50. The molecule has 1 fully saturated rings. The van der Waals surface area contributed by atoms with E-state index in [0.717, 1.165) is 18.5 Å². The lowest BCUT2D eigenvalue weighted by molar-refractivity contribution is -0.124. The van der Waals surface area contributed by atoms with Crippen molar-refractivity contribution in [3.8, 4) is 0 Å². The predicted octanol–water partition coefficient (Wildman–Crippen LogP) is 3.68. The second-order valence-electron chi connectivity index (χ2n) is 7.64. The zero-order valence-corrected chi connectivity index (χ0v) is 16.7. The molecule has 0 bridgehead atoms. The summed E-state index contributed by atoms with van der Waals surface area (Å²) in [6.07, 6.45) is 0.701. The van der Waals surface area contributed by atoms with Crippen molar-refractivity contribution in [1.29, 1.82) is 0 Å². The van der Waals surface area contributed by atoms with E-state index in [1.807, 2.05) is 0 Å². The van der Waals surface area contributed by atoms with Crippen molar-refractivity contribution in [3.63, 3.8) is 0 Å². The zero-order chi connectivity index (χ0) is 19.9. The molecule has 1 saturated heterocycles. The summed E-state index contributed by atoms with van der Waals surface area (Å²) in [6.45, 7) is 7.27. The molecule has 5 heteroatoms. The third-order valence-corrected chi connectivity index (χ3v) is 5.14. The van der Waals surface area contributed by atoms with Crippen LogP contribution in [0.1, 0.15) is 42.6 Å². The fourth-order valence-electron chi connectivity index (χ4n) is 3.40. The molecule has 1 aliphatic rings. The zero-order valence-electron chi connectivity index (χ0n) is 16.7. The molecular weight excluding hydrogens is 355 g/mol. The fraction of sp³-hybridized carbons (Fsp3) is 0.435. The molecule has 1 N–H and O–H groups in total. The van der Waals surface area contributed by atoms with Crippen LogP contribution in [0.2, 0.25) is 0 Å². The Morgan fingerprint density at radius 1 is 1.18 bits per heavy atom. The van der Waals surface area contributed by atoms with Gasteiger partial charge in [0.05, 0.1) is 19.3 Å². The third-order valence-electron chi connectivity index (χ3n) is 5.14. The number of halogens is 1. The number of morpholine rings is 1. The quantitative estimate of drug-likeness (QED) is 0.792. The Morgan fingerprint density at radius 2 is 1.89 bits per heavy atom. The van der Waals surface area contributed by atoms with Crippen LogP contribution in [0.4, 0.5) is 4.39 Å². The summed E-state index contributed by atoms with van der Waals surface area (Å²) in [5, 5.41) is 3.01. The largest absolute Gasteiger partial charge is 0.371 e. The van der Waals surface area contributed by atoms with E-state index >= 15 is 0 Å². The summed E-state index contributed by atoms with van der Waals surface area (Å²) >= 11 is 0. The van der Waals surface area contributed by atoms with Gasteiger partial charge in [0.25, 0.3) is 0 Å². The first kappa shape index (κ1) is 20.5. The monoisotopic (exact) mass is 384 g/mol. The maximum Gasteiger partial charge on any atom is 0.234 e. The van der Waals surface area contributed by atoms with Crippen LogP contribution >= 0.6 is 0 Å². The van der Waals surface area contributed by atoms with E-state index in [4.69, 9.17) is 4.74 Å². The van der Waals surface area contributed by atoms with Crippen molar-refractivity contribution in [2.45, 2.75) is 32.3 Å². The molecule has 1 amide bonds. The lowest BCUT2D eigenvalue weighted by Gasteiger charge is -2.32. The molecule has 4 nitrogen and oxygen atoms in total. The van der Waals surface area contributed by atoms with E-state index < -0.39 is 0 Å². The van der Waals surface area contributed by atoms with Gasteiger partial charge in [0.1, 0.15) is 5.82 Å². The molecule has 0 aromatic heterocycles. The highest BCUT2D eigenvalue weighted by Gasteiger charge is 2.23. The lowest BCUT2D eigenvalue weighted by Crippen LogP contribution is -2.44. The first-order chi connectivity index (χ1) is 13.5. The molecule has 1 aliphatic heterocycles. The van der Waals surface area contributed by atoms with Crippen LogP contribution in [-0.2, 0) is 16.0 Å². The van der Waals surface area contributed by atoms with Gasteiger partial charge in [0, 0.05) is 19.6 Å². The molecule has 1 unspecified atom stereocenters. The maximum absolute atomic E-state index is 13.1. The number of hydrogen-bond acceptors (Lipinski definition) is 3. The molecule has 2 aromatic carbocycles. The third kappa shape index (κ3) is 5.88. The van der Waals surface area contributed by atoms with Crippen molar-refractivity contribution < 1.29 is 13.9 Å². The highest BCUT2D eigenvalue weighted by molar-refractivity contribution is 5.78. The number of amides is 1. The maximum atomic E-state index is 13.1. The van der Waals surface area contributed by atoms with Crippen LogP contribution in [0.5, 0.6) is 0 Å². The van der Waals surface area contributed by atoms with Gasteiger partial charge in [0.15, 0.2) is 0 Å². The van der Waals surface area contributed by atoms with Crippen molar-refractivity contribution in [3.05, 3.63) is 71.0 Å². The van der Waals surface area contributed by atoms with Gasteiger partial charge in [-0.3, -0.25) is 9.69 Å². The van der Waals surface area contributed by atoms with Gasteiger partial charge in [-0.15, -0.1) is 0 Å². The van der Waals surface area contributed by atoms with Crippen LogP contribution in [-0.4, -0.2) is 43.6 Å². The second-order valence-corrected chi connectivity index (χ2v) is 7.64. The lowest BCUT2D eigenvalue weighted by atomic mass is 10.0. The second kappa shape index (κ2) is 9.80. The van der Waals surface area contributed by atoms with E-state index in [9.17, 15) is 9.18 Å².